The van der Waals surface area contributed by atoms with Gasteiger partial charge in [0.2, 0.25) is 0 Å². The molecule has 16 aliphatic rings. The molecule has 0 aromatic carbocycles. The van der Waals surface area contributed by atoms with Crippen molar-refractivity contribution in [2.75, 3.05) is 39.6 Å². The second-order valence-electron chi connectivity index (χ2n) is 44.6. The average Bonchev–Trinajstić information content (AvgIpc) is 1.63. The summed E-state index contributed by atoms with van der Waals surface area (Å²) in [6.45, 7) is 34.7. The van der Waals surface area contributed by atoms with Crippen LogP contribution in [0.5, 0.6) is 0 Å². The first-order valence-electron chi connectivity index (χ1n) is 45.7. The summed E-state index contributed by atoms with van der Waals surface area (Å²) >= 11 is 0. The Bertz CT molecular complexity index is 3680. The Morgan fingerprint density at radius 1 is 0.413 bits per heavy atom. The largest absolute Gasteiger partial charge is 0.396 e. The maximum atomic E-state index is 12.1. The molecule has 18 N–H and O–H groups in total. The first-order chi connectivity index (χ1) is 56.5. The van der Waals surface area contributed by atoms with E-state index in [0.29, 0.717) is 38.9 Å². The third-order valence-electron chi connectivity index (χ3n) is 37.2. The summed E-state index contributed by atoms with van der Waals surface area (Å²) in [5.74, 6) is 1.17. The van der Waals surface area contributed by atoms with Crippen LogP contribution < -0.4 is 0 Å². The summed E-state index contributed by atoms with van der Waals surface area (Å²) in [7, 11) is 0. The summed E-state index contributed by atoms with van der Waals surface area (Å²) in [6.07, 6.45) is -15.4. The molecule has 8 saturated carbocycles. The van der Waals surface area contributed by atoms with Gasteiger partial charge in [0, 0.05) is 34.2 Å². The van der Waals surface area contributed by atoms with E-state index in [2.05, 4.69) is 121 Å². The number of hydrogen-bond acceptors (Lipinski definition) is 30. The van der Waals surface area contributed by atoms with Crippen molar-refractivity contribution in [3.05, 3.63) is 24.3 Å². The first kappa shape index (κ1) is 93.9. The summed E-state index contributed by atoms with van der Waals surface area (Å²) in [6, 6.07) is 0. The van der Waals surface area contributed by atoms with Crippen molar-refractivity contribution in [1.82, 2.24) is 0 Å². The third kappa shape index (κ3) is 14.3. The topological polar surface area (TPSA) is 475 Å². The van der Waals surface area contributed by atoms with Crippen LogP contribution in [0.25, 0.3) is 0 Å². The Morgan fingerprint density at radius 2 is 0.917 bits per heavy atom. The Morgan fingerprint density at radius 3 is 1.54 bits per heavy atom. The highest BCUT2D eigenvalue weighted by atomic mass is 16.8. The molecule has 30 heteroatoms. The van der Waals surface area contributed by atoms with Crippen LogP contribution >= 0.6 is 0 Å². The van der Waals surface area contributed by atoms with Crippen LogP contribution in [-0.4, -0.2) is 321 Å². The van der Waals surface area contributed by atoms with Gasteiger partial charge in [-0.25, -0.2) is 0 Å². The van der Waals surface area contributed by atoms with Crippen molar-refractivity contribution in [3.8, 4) is 0 Å². The lowest BCUT2D eigenvalue weighted by atomic mass is 9.32. The average molecular weight is 1720 g/mol. The smallest absolute Gasteiger partial charge is 0.187 e. The molecular weight excluding hydrogens is 1570 g/mol. The number of rotatable bonds is 16. The lowest BCUT2D eigenvalue weighted by Crippen LogP contribution is -2.73. The Hall–Kier alpha value is -1.72. The van der Waals surface area contributed by atoms with Crippen LogP contribution in [0.2, 0.25) is 0 Å². The third-order valence-corrected chi connectivity index (χ3v) is 37.2. The van der Waals surface area contributed by atoms with Crippen molar-refractivity contribution in [3.63, 3.8) is 0 Å². The number of aliphatic hydroxyl groups is 18. The van der Waals surface area contributed by atoms with E-state index in [1.807, 2.05) is 0 Å². The summed E-state index contributed by atoms with van der Waals surface area (Å²) in [5, 5.41) is 196. The van der Waals surface area contributed by atoms with Gasteiger partial charge in [-0.1, -0.05) is 114 Å². The monoisotopic (exact) mass is 1720 g/mol. The van der Waals surface area contributed by atoms with Crippen LogP contribution in [0, 0.1) is 101 Å². The van der Waals surface area contributed by atoms with Gasteiger partial charge in [0.25, 0.3) is 0 Å². The SMILES string of the molecule is CCO[C@]12C=C[C@@H]3[C@@]4(C)CC[C@H](O[C@@H]5O[C@H](CO[C@@H]6O[C@H](CO)[C@@H](O)[C@H](O)[C@H]6O)[C@@H](O[C@@H]6O[C@@H](C)[C@H](O)[C@@H](O)[C@H]6O)[C@H](O)[C@H]5O)C(C)(C)[C@@H]4CC[C@@]3(C)[C@]1(C)C[C@H](O)[C@@H]1CCC(C)(C)C[C@H]12.C[C@H]1O[C@@H](O[C@H]2CC[C@@]3(C)[C@@H](CC[C@]4(C)[C@@H]3C=C[C@]35OC[C@@]6(CCC(C)(C)CC63)C(O)C[C@]54C)[C@]2(C)CO)[C@H](O)[C@@H](OC2O[C@H](CO)C(O)C(O)[C@H]2O)C1O. The van der Waals surface area contributed by atoms with Crippen LogP contribution in [0.4, 0.5) is 0 Å². The number of hydrogen-bond donors (Lipinski definition) is 18. The molecule has 16 rings (SSSR count). The van der Waals surface area contributed by atoms with Gasteiger partial charge in [0.15, 0.2) is 31.5 Å². The van der Waals surface area contributed by atoms with Gasteiger partial charge >= 0.3 is 0 Å². The molecule has 46 atom stereocenters. The van der Waals surface area contributed by atoms with E-state index in [1.54, 1.807) is 6.92 Å². The molecule has 694 valence electrons. The number of aliphatic hydroxyl groups excluding tert-OH is 18. The van der Waals surface area contributed by atoms with E-state index in [0.717, 1.165) is 77.0 Å². The normalized spacial score (nSPS) is 57.4. The van der Waals surface area contributed by atoms with Crippen molar-refractivity contribution in [1.29, 1.82) is 0 Å². The highest BCUT2D eigenvalue weighted by Crippen LogP contribution is 2.81. The minimum absolute atomic E-state index is 0.0414. The van der Waals surface area contributed by atoms with Gasteiger partial charge in [-0.3, -0.25) is 0 Å². The molecule has 6 heterocycles. The minimum atomic E-state index is -1.76. The predicted molar refractivity (Wildman–Crippen MR) is 432 cm³/mol. The Kier molecular flexibility index (Phi) is 25.6. The molecule has 0 aromatic heterocycles. The predicted octanol–water partition coefficient (Wildman–Crippen LogP) is 3.04. The number of fused-ring (bicyclic) bond motifs is 11. The standard InChI is InChI=1S/C49H82O17.C42H68O13/c1-10-61-49-18-13-30-46(7)16-14-31(45(5,6)29(46)12-17-47(30,8)48(49,9)20-26(51)24-11-15-44(3,4)19-25(24)49)65-43-39(59)36(56)40(66-42-38(58)34(54)32(52)23(2)62-42)28(64-43)22-60-41-37(57)35(55)33(53)27(21-50)63-41;1-21-28(46)33(55-34-31(49)30(48)29(47)22(18-43)53-34)32(50)35(52-21)54-27-10-11-37(4)23(38(27,5)19-44)8-12-39(6)24(37)9-13-42-25-16-36(2,3)14-15-41(25,20-51-42)26(45)17-40(39,42)7/h13,18,23-43,50-59H,10-12,14-17,19-22H2,1-9H3;9,13,21-35,43-50H,8,10-12,14-20H2,1-7H3/t23-,24+,25+,26-,27+,28+,29-,30+,31-,32-,33+,34+,35-,36+,37+,38+,39+,40+,41+,42-,43-,46-,47+,48-,49-;21-,22-,23-,24-,25?,26?,27+,28?,29?,30?,31-,32-,33+,34?,35+,37+,38+,39-,40+,41-,42+/m01/s1. The number of allylic oxidation sites excluding steroid dienone is 2. The molecule has 0 amide bonds. The lowest BCUT2D eigenvalue weighted by Gasteiger charge is -2.74. The van der Waals surface area contributed by atoms with E-state index >= 15 is 0 Å². The number of ether oxygens (including phenoxy) is 12. The van der Waals surface area contributed by atoms with Gasteiger partial charge in [0.1, 0.15) is 110 Å². The maximum absolute atomic E-state index is 12.1. The molecule has 0 radical (unpaired) electrons. The van der Waals surface area contributed by atoms with Crippen molar-refractivity contribution >= 4 is 0 Å². The molecule has 1 spiro atoms. The van der Waals surface area contributed by atoms with Gasteiger partial charge in [-0.15, -0.1) is 0 Å². The zero-order chi connectivity index (χ0) is 88.2. The molecule has 6 aliphatic heterocycles. The van der Waals surface area contributed by atoms with Crippen molar-refractivity contribution < 1.29 is 149 Å². The molecule has 30 nitrogen and oxygen atoms in total. The van der Waals surface area contributed by atoms with E-state index in [4.69, 9.17) is 56.8 Å². The van der Waals surface area contributed by atoms with Crippen LogP contribution in [0.3, 0.4) is 0 Å². The highest BCUT2D eigenvalue weighted by Gasteiger charge is 2.80. The fourth-order valence-corrected chi connectivity index (χ4v) is 29.7. The zero-order valence-electron chi connectivity index (χ0n) is 74.1. The second-order valence-corrected chi connectivity index (χ2v) is 44.6. The minimum Gasteiger partial charge on any atom is -0.396 e. The van der Waals surface area contributed by atoms with Gasteiger partial charge in [-0.2, -0.15) is 0 Å². The van der Waals surface area contributed by atoms with Crippen molar-refractivity contribution in [2.24, 2.45) is 101 Å². The fraction of sp³-hybridized carbons (Fsp3) is 0.956. The molecule has 2 bridgehead atoms. The fourth-order valence-electron chi connectivity index (χ4n) is 29.7. The first-order valence-corrected chi connectivity index (χ1v) is 45.7. The van der Waals surface area contributed by atoms with E-state index in [-0.39, 0.29) is 96.8 Å². The summed E-state index contributed by atoms with van der Waals surface area (Å²) in [4.78, 5) is 0. The molecule has 6 unspecified atom stereocenters. The van der Waals surface area contributed by atoms with Crippen LogP contribution in [-0.2, 0) is 56.8 Å². The molecule has 14 fully saturated rings. The van der Waals surface area contributed by atoms with Gasteiger partial charge in [-0.05, 0) is 197 Å². The quantitative estimate of drug-likeness (QED) is 0.0780. The lowest BCUT2D eigenvalue weighted by molar-refractivity contribution is -0.374. The van der Waals surface area contributed by atoms with Gasteiger partial charge < -0.3 is 149 Å². The maximum Gasteiger partial charge on any atom is 0.187 e. The molecule has 121 heavy (non-hydrogen) atoms. The molecule has 10 aliphatic carbocycles. The van der Waals surface area contributed by atoms with Crippen LogP contribution in [0.15, 0.2) is 24.3 Å². The van der Waals surface area contributed by atoms with Crippen LogP contribution in [0.1, 0.15) is 214 Å². The molecular formula is C91H150O30. The second kappa shape index (κ2) is 32.9. The summed E-state index contributed by atoms with van der Waals surface area (Å²) in [5.41, 5.74) is -3.45. The molecule has 6 saturated heterocycles. The van der Waals surface area contributed by atoms with Gasteiger partial charge in [0.05, 0.1) is 80.9 Å². The highest BCUT2D eigenvalue weighted by molar-refractivity contribution is 5.37. The zero-order valence-corrected chi connectivity index (χ0v) is 74.1. The Labute approximate surface area is 713 Å². The summed E-state index contributed by atoms with van der Waals surface area (Å²) < 4.78 is 74.7. The molecule has 0 aromatic rings. The van der Waals surface area contributed by atoms with E-state index in [9.17, 15) is 91.9 Å². The van der Waals surface area contributed by atoms with E-state index < -0.39 is 220 Å². The van der Waals surface area contributed by atoms with E-state index in [1.165, 1.54) is 6.92 Å². The Balaban J connectivity index is 0.000000191. The van der Waals surface area contributed by atoms with Crippen molar-refractivity contribution in [2.45, 2.75) is 403 Å².